The number of rotatable bonds is 5. The van der Waals surface area contributed by atoms with E-state index in [0.29, 0.717) is 6.54 Å². The van der Waals surface area contributed by atoms with Crippen LogP contribution in [0.3, 0.4) is 0 Å². The van der Waals surface area contributed by atoms with E-state index in [-0.39, 0.29) is 29.4 Å². The lowest BCUT2D eigenvalue weighted by atomic mass is 9.84. The SMILES string of the molecule is CN=C(NCc1ccnn1C)NCC(C)(C)c1cccc(Cl)c1.I. The fourth-order valence-electron chi connectivity index (χ4n) is 2.29. The summed E-state index contributed by atoms with van der Waals surface area (Å²) in [6.07, 6.45) is 1.79. The first-order valence-corrected chi connectivity index (χ1v) is 7.97. The average Bonchev–Trinajstić information content (AvgIpc) is 2.93. The van der Waals surface area contributed by atoms with Crippen molar-refractivity contribution in [2.24, 2.45) is 12.0 Å². The summed E-state index contributed by atoms with van der Waals surface area (Å²) >= 11 is 6.10. The van der Waals surface area contributed by atoms with E-state index in [1.165, 1.54) is 5.56 Å². The molecule has 1 aromatic carbocycles. The van der Waals surface area contributed by atoms with Gasteiger partial charge < -0.3 is 10.6 Å². The molecule has 2 rings (SSSR count). The van der Waals surface area contributed by atoms with Gasteiger partial charge in [-0.25, -0.2) is 0 Å². The van der Waals surface area contributed by atoms with E-state index in [1.807, 2.05) is 36.0 Å². The molecule has 2 N–H and O–H groups in total. The molecule has 0 saturated carbocycles. The molecule has 1 heterocycles. The predicted octanol–water partition coefficient (Wildman–Crippen LogP) is 3.33. The maximum atomic E-state index is 6.10. The number of nitrogens with one attached hydrogen (secondary N) is 2. The van der Waals surface area contributed by atoms with Crippen molar-refractivity contribution in [2.45, 2.75) is 25.8 Å². The minimum absolute atomic E-state index is 0. The third-order valence-corrected chi connectivity index (χ3v) is 4.12. The van der Waals surface area contributed by atoms with Crippen LogP contribution in [-0.4, -0.2) is 29.3 Å². The van der Waals surface area contributed by atoms with Crippen LogP contribution in [0.25, 0.3) is 0 Å². The molecule has 24 heavy (non-hydrogen) atoms. The molecule has 0 aliphatic rings. The molecule has 0 fully saturated rings. The van der Waals surface area contributed by atoms with Gasteiger partial charge in [-0.05, 0) is 23.8 Å². The van der Waals surface area contributed by atoms with E-state index in [4.69, 9.17) is 11.6 Å². The largest absolute Gasteiger partial charge is 0.356 e. The number of hydrogen-bond acceptors (Lipinski definition) is 2. The summed E-state index contributed by atoms with van der Waals surface area (Å²) in [7, 11) is 3.69. The van der Waals surface area contributed by atoms with Gasteiger partial charge in [0.2, 0.25) is 0 Å². The Morgan fingerprint density at radius 2 is 2.04 bits per heavy atom. The van der Waals surface area contributed by atoms with Crippen molar-refractivity contribution in [1.29, 1.82) is 0 Å². The van der Waals surface area contributed by atoms with Crippen LogP contribution in [-0.2, 0) is 19.0 Å². The molecule has 0 radical (unpaired) electrons. The van der Waals surface area contributed by atoms with E-state index in [1.54, 1.807) is 13.2 Å². The minimum Gasteiger partial charge on any atom is -0.356 e. The Bertz CT molecular complexity index is 681. The minimum atomic E-state index is -0.0605. The zero-order chi connectivity index (χ0) is 16.9. The molecule has 132 valence electrons. The second-order valence-corrected chi connectivity index (χ2v) is 6.56. The van der Waals surface area contributed by atoms with Crippen molar-refractivity contribution in [3.63, 3.8) is 0 Å². The molecule has 0 atom stereocenters. The lowest BCUT2D eigenvalue weighted by Crippen LogP contribution is -2.43. The normalized spacial score (nSPS) is 11.8. The number of hydrogen-bond donors (Lipinski definition) is 2. The van der Waals surface area contributed by atoms with Gasteiger partial charge in [0.05, 0.1) is 12.2 Å². The maximum absolute atomic E-state index is 6.10. The van der Waals surface area contributed by atoms with Crippen LogP contribution < -0.4 is 10.6 Å². The fourth-order valence-corrected chi connectivity index (χ4v) is 2.48. The summed E-state index contributed by atoms with van der Waals surface area (Å²) in [5.74, 6) is 0.765. The van der Waals surface area contributed by atoms with Crippen LogP contribution in [0.2, 0.25) is 5.02 Å². The van der Waals surface area contributed by atoms with E-state index in [0.717, 1.165) is 23.2 Å². The number of aryl methyl sites for hydroxylation is 1. The third kappa shape index (κ3) is 5.66. The van der Waals surface area contributed by atoms with E-state index < -0.39 is 0 Å². The molecule has 0 unspecified atom stereocenters. The fraction of sp³-hybridized carbons (Fsp3) is 0.412. The first-order chi connectivity index (χ1) is 10.9. The molecule has 0 saturated heterocycles. The molecule has 0 bridgehead atoms. The monoisotopic (exact) mass is 461 g/mol. The highest BCUT2D eigenvalue weighted by atomic mass is 127. The summed E-state index contributed by atoms with van der Waals surface area (Å²) in [5.41, 5.74) is 2.23. The van der Waals surface area contributed by atoms with E-state index >= 15 is 0 Å². The van der Waals surface area contributed by atoms with Crippen molar-refractivity contribution in [3.05, 3.63) is 52.8 Å². The topological polar surface area (TPSA) is 54.2 Å². The van der Waals surface area contributed by atoms with Gasteiger partial charge in [0.15, 0.2) is 5.96 Å². The van der Waals surface area contributed by atoms with Crippen molar-refractivity contribution < 1.29 is 0 Å². The van der Waals surface area contributed by atoms with Crippen LogP contribution in [0.1, 0.15) is 25.1 Å². The predicted molar refractivity (Wildman–Crippen MR) is 111 cm³/mol. The molecular weight excluding hydrogens is 437 g/mol. The van der Waals surface area contributed by atoms with Gasteiger partial charge in [0, 0.05) is 37.3 Å². The maximum Gasteiger partial charge on any atom is 0.191 e. The molecule has 5 nitrogen and oxygen atoms in total. The van der Waals surface area contributed by atoms with Gasteiger partial charge in [0.1, 0.15) is 0 Å². The van der Waals surface area contributed by atoms with Gasteiger partial charge in [-0.2, -0.15) is 5.10 Å². The molecule has 7 heteroatoms. The number of aliphatic imine (C=N–C) groups is 1. The van der Waals surface area contributed by atoms with Crippen LogP contribution in [0.5, 0.6) is 0 Å². The summed E-state index contributed by atoms with van der Waals surface area (Å²) in [6.45, 7) is 5.78. The third-order valence-electron chi connectivity index (χ3n) is 3.89. The summed E-state index contributed by atoms with van der Waals surface area (Å²) in [6, 6.07) is 9.96. The summed E-state index contributed by atoms with van der Waals surface area (Å²) in [5, 5.41) is 11.6. The van der Waals surface area contributed by atoms with Gasteiger partial charge in [-0.15, -0.1) is 24.0 Å². The van der Waals surface area contributed by atoms with Gasteiger partial charge in [-0.3, -0.25) is 9.67 Å². The zero-order valence-corrected chi connectivity index (χ0v) is 17.6. The Labute approximate surface area is 165 Å². The van der Waals surface area contributed by atoms with Gasteiger partial charge in [0.25, 0.3) is 0 Å². The smallest absolute Gasteiger partial charge is 0.191 e. The number of guanidine groups is 1. The number of halogens is 2. The van der Waals surface area contributed by atoms with Crippen LogP contribution in [0.15, 0.2) is 41.5 Å². The Hall–Kier alpha value is -1.28. The van der Waals surface area contributed by atoms with Crippen molar-refractivity contribution >= 4 is 41.5 Å². The van der Waals surface area contributed by atoms with Crippen LogP contribution in [0.4, 0.5) is 0 Å². The van der Waals surface area contributed by atoms with Gasteiger partial charge >= 0.3 is 0 Å². The van der Waals surface area contributed by atoms with Crippen molar-refractivity contribution in [1.82, 2.24) is 20.4 Å². The Balaban J connectivity index is 0.00000288. The van der Waals surface area contributed by atoms with Crippen molar-refractivity contribution in [2.75, 3.05) is 13.6 Å². The Kier molecular flexibility index (Phi) is 8.02. The molecule has 1 aromatic heterocycles. The number of nitrogens with zero attached hydrogens (tertiary/aromatic N) is 3. The zero-order valence-electron chi connectivity index (χ0n) is 14.5. The van der Waals surface area contributed by atoms with Crippen LogP contribution >= 0.6 is 35.6 Å². The van der Waals surface area contributed by atoms with E-state index in [9.17, 15) is 0 Å². The highest BCUT2D eigenvalue weighted by Crippen LogP contribution is 2.24. The van der Waals surface area contributed by atoms with Gasteiger partial charge in [-0.1, -0.05) is 37.6 Å². The Morgan fingerprint density at radius 3 is 2.62 bits per heavy atom. The summed E-state index contributed by atoms with van der Waals surface area (Å²) < 4.78 is 1.84. The molecule has 0 aliphatic carbocycles. The lowest BCUT2D eigenvalue weighted by molar-refractivity contribution is 0.508. The highest BCUT2D eigenvalue weighted by molar-refractivity contribution is 14.0. The Morgan fingerprint density at radius 1 is 1.29 bits per heavy atom. The first kappa shape index (κ1) is 20.8. The second kappa shape index (κ2) is 9.27. The molecule has 0 spiro atoms. The molecular formula is C17H25ClIN5. The summed E-state index contributed by atoms with van der Waals surface area (Å²) in [4.78, 5) is 4.27. The lowest BCUT2D eigenvalue weighted by Gasteiger charge is -2.27. The van der Waals surface area contributed by atoms with E-state index in [2.05, 4.69) is 40.6 Å². The second-order valence-electron chi connectivity index (χ2n) is 6.12. The standard InChI is InChI=1S/C17H24ClN5.HI/c1-17(2,13-6-5-7-14(18)10-13)12-21-16(19-3)20-11-15-8-9-22-23(15)4;/h5-10H,11-12H2,1-4H3,(H2,19,20,21);1H. The number of aromatic nitrogens is 2. The van der Waals surface area contributed by atoms with Crippen molar-refractivity contribution in [3.8, 4) is 0 Å². The molecule has 0 aliphatic heterocycles. The molecule has 2 aromatic rings. The first-order valence-electron chi connectivity index (χ1n) is 7.60. The molecule has 0 amide bonds. The average molecular weight is 462 g/mol. The quantitative estimate of drug-likeness (QED) is 0.408. The van der Waals surface area contributed by atoms with Crippen LogP contribution in [0, 0.1) is 0 Å². The number of benzene rings is 1. The highest BCUT2D eigenvalue weighted by Gasteiger charge is 2.21.